The topological polar surface area (TPSA) is 58.6 Å². The van der Waals surface area contributed by atoms with Crippen LogP contribution in [0.4, 0.5) is 9.18 Å². The Morgan fingerprint density at radius 2 is 2.00 bits per heavy atom. The van der Waals surface area contributed by atoms with Gasteiger partial charge < -0.3 is 4.74 Å². The first-order valence-corrected chi connectivity index (χ1v) is 8.14. The van der Waals surface area contributed by atoms with Crippen LogP contribution in [-0.4, -0.2) is 45.3 Å². The summed E-state index contributed by atoms with van der Waals surface area (Å²) in [6.07, 6.45) is 0.418. The van der Waals surface area contributed by atoms with Crippen molar-refractivity contribution in [1.82, 2.24) is 10.4 Å². The molecule has 2 heterocycles. The van der Waals surface area contributed by atoms with Crippen LogP contribution >= 0.6 is 11.8 Å². The summed E-state index contributed by atoms with van der Waals surface area (Å²) in [5, 5.41) is 1.32. The summed E-state index contributed by atoms with van der Waals surface area (Å²) in [7, 11) is 0. The Morgan fingerprint density at radius 3 is 2.57 bits per heavy atom. The molecule has 7 heteroatoms. The van der Waals surface area contributed by atoms with Crippen molar-refractivity contribution in [3.63, 3.8) is 0 Å². The highest BCUT2D eigenvalue weighted by Gasteiger charge is 2.49. The molecule has 1 amide bonds. The number of hydrazine groups is 1. The van der Waals surface area contributed by atoms with Crippen LogP contribution in [0.25, 0.3) is 0 Å². The Hall–Kier alpha value is -0.820. The first-order chi connectivity index (χ1) is 9.67. The van der Waals surface area contributed by atoms with Gasteiger partial charge in [-0.2, -0.15) is 0 Å². The molecular formula is C14H23FN2O3S. The number of nitrogens with zero attached hydrogens (tertiary/aromatic N) is 1. The molecule has 2 rings (SSSR count). The van der Waals surface area contributed by atoms with Gasteiger partial charge in [0.05, 0.1) is 6.04 Å². The minimum atomic E-state index is -1.12. The van der Waals surface area contributed by atoms with Gasteiger partial charge in [0.15, 0.2) is 5.12 Å². The fourth-order valence-corrected chi connectivity index (χ4v) is 4.07. The lowest BCUT2D eigenvalue weighted by molar-refractivity contribution is -0.109. The summed E-state index contributed by atoms with van der Waals surface area (Å²) in [6.45, 7) is 6.82. The van der Waals surface area contributed by atoms with Crippen LogP contribution in [0.15, 0.2) is 0 Å². The second-order valence-corrected chi connectivity index (χ2v) is 8.06. The maximum absolute atomic E-state index is 14.5. The molecule has 21 heavy (non-hydrogen) atoms. The lowest BCUT2D eigenvalue weighted by Crippen LogP contribution is -2.59. The Balaban J connectivity index is 1.98. The SMILES string of the molecule is CC(=O)S[C@@H]1C[C@H]2CC[C@@H]([C@@H]1F)N2NC(=O)OC(C)(C)C. The normalized spacial score (nSPS) is 32.8. The van der Waals surface area contributed by atoms with Crippen molar-refractivity contribution < 1.29 is 18.7 Å². The summed E-state index contributed by atoms with van der Waals surface area (Å²) >= 11 is 1.08. The number of rotatable bonds is 2. The van der Waals surface area contributed by atoms with Crippen molar-refractivity contribution in [1.29, 1.82) is 0 Å². The molecule has 2 fully saturated rings. The highest BCUT2D eigenvalue weighted by atomic mass is 32.2. The van der Waals surface area contributed by atoms with Crippen LogP contribution in [0, 0.1) is 0 Å². The molecule has 4 atom stereocenters. The van der Waals surface area contributed by atoms with Crippen LogP contribution in [0.3, 0.4) is 0 Å². The predicted octanol–water partition coefficient (Wildman–Crippen LogP) is 2.65. The van der Waals surface area contributed by atoms with Crippen LogP contribution in [0.5, 0.6) is 0 Å². The molecule has 0 unspecified atom stereocenters. The van der Waals surface area contributed by atoms with Crippen molar-refractivity contribution in [2.45, 2.75) is 76.1 Å². The average Bonchev–Trinajstić information content (AvgIpc) is 2.59. The Morgan fingerprint density at radius 1 is 1.33 bits per heavy atom. The molecule has 0 aromatic rings. The molecule has 2 aliphatic rings. The second-order valence-electron chi connectivity index (χ2n) is 6.65. The minimum Gasteiger partial charge on any atom is -0.443 e. The first-order valence-electron chi connectivity index (χ1n) is 7.26. The van der Waals surface area contributed by atoms with E-state index < -0.39 is 17.9 Å². The largest absolute Gasteiger partial charge is 0.443 e. The number of thioether (sulfide) groups is 1. The number of ether oxygens (including phenoxy) is 1. The van der Waals surface area contributed by atoms with E-state index in [1.54, 1.807) is 25.8 Å². The maximum atomic E-state index is 14.5. The Bertz CT molecular complexity index is 427. The highest BCUT2D eigenvalue weighted by molar-refractivity contribution is 8.14. The van der Waals surface area contributed by atoms with Crippen molar-refractivity contribution in [3.05, 3.63) is 0 Å². The standard InChI is InChI=1S/C14H23FN2O3S/c1-8(18)21-11-7-9-5-6-10(12(11)15)17(9)16-13(19)20-14(2,3)4/h9-12H,5-7H2,1-4H3,(H,16,19)/t9-,10+,11-,12+/m1/s1. The summed E-state index contributed by atoms with van der Waals surface area (Å²) in [6, 6.07) is -0.292. The van der Waals surface area contributed by atoms with Gasteiger partial charge >= 0.3 is 6.09 Å². The number of carbonyl (C=O) groups is 2. The zero-order valence-corrected chi connectivity index (χ0v) is 13.7. The molecule has 1 N–H and O–H groups in total. The van der Waals surface area contributed by atoms with Crippen molar-refractivity contribution >= 4 is 23.0 Å². The summed E-state index contributed by atoms with van der Waals surface area (Å²) in [4.78, 5) is 23.1. The van der Waals surface area contributed by atoms with Gasteiger partial charge in [-0.3, -0.25) is 10.2 Å². The fourth-order valence-electron chi connectivity index (χ4n) is 3.01. The zero-order valence-electron chi connectivity index (χ0n) is 12.9. The van der Waals surface area contributed by atoms with Gasteiger partial charge in [0, 0.05) is 18.2 Å². The number of hydrogen-bond donors (Lipinski definition) is 1. The molecule has 0 spiro atoms. The third-order valence-electron chi connectivity index (χ3n) is 3.71. The molecule has 0 aromatic heterocycles. The van der Waals surface area contributed by atoms with Gasteiger partial charge in [0.2, 0.25) is 0 Å². The predicted molar refractivity (Wildman–Crippen MR) is 79.6 cm³/mol. The molecule has 0 saturated carbocycles. The second kappa shape index (κ2) is 6.12. The number of carbonyl (C=O) groups excluding carboxylic acids is 2. The average molecular weight is 318 g/mol. The molecule has 0 aromatic carbocycles. The third kappa shape index (κ3) is 4.10. The Kier molecular flexibility index (Phi) is 4.82. The number of nitrogens with one attached hydrogen (secondary N) is 1. The lowest BCUT2D eigenvalue weighted by Gasteiger charge is -2.40. The van der Waals surface area contributed by atoms with E-state index in [1.165, 1.54) is 6.92 Å². The first kappa shape index (κ1) is 16.5. The fraction of sp³-hybridized carbons (Fsp3) is 0.857. The third-order valence-corrected chi connectivity index (χ3v) is 4.80. The monoisotopic (exact) mass is 318 g/mol. The van der Waals surface area contributed by atoms with E-state index in [0.29, 0.717) is 12.8 Å². The zero-order chi connectivity index (χ0) is 15.8. The van der Waals surface area contributed by atoms with E-state index >= 15 is 0 Å². The van der Waals surface area contributed by atoms with Gasteiger partial charge in [-0.15, -0.1) is 0 Å². The Labute approximate surface area is 128 Å². The van der Waals surface area contributed by atoms with E-state index in [9.17, 15) is 14.0 Å². The van der Waals surface area contributed by atoms with Crippen LogP contribution in [-0.2, 0) is 9.53 Å². The summed E-state index contributed by atoms with van der Waals surface area (Å²) in [5.41, 5.74) is 2.10. The molecule has 5 nitrogen and oxygen atoms in total. The molecule has 0 aliphatic carbocycles. The van der Waals surface area contributed by atoms with Crippen LogP contribution in [0.1, 0.15) is 47.0 Å². The summed E-state index contributed by atoms with van der Waals surface area (Å²) in [5.74, 6) is 0. The van der Waals surface area contributed by atoms with Gasteiger partial charge in [-0.05, 0) is 40.0 Å². The minimum absolute atomic E-state index is 0.0596. The van der Waals surface area contributed by atoms with Crippen LogP contribution in [0.2, 0.25) is 0 Å². The number of alkyl halides is 1. The van der Waals surface area contributed by atoms with Crippen molar-refractivity contribution in [2.75, 3.05) is 0 Å². The number of hydrogen-bond acceptors (Lipinski definition) is 5. The van der Waals surface area contributed by atoms with E-state index in [2.05, 4.69) is 5.43 Å². The molecule has 2 bridgehead atoms. The summed E-state index contributed by atoms with van der Waals surface area (Å²) < 4.78 is 19.7. The van der Waals surface area contributed by atoms with Crippen molar-refractivity contribution in [3.8, 4) is 0 Å². The highest BCUT2D eigenvalue weighted by Crippen LogP contribution is 2.41. The van der Waals surface area contributed by atoms with Crippen LogP contribution < -0.4 is 5.43 Å². The van der Waals surface area contributed by atoms with E-state index in [-0.39, 0.29) is 22.4 Å². The van der Waals surface area contributed by atoms with Crippen molar-refractivity contribution in [2.24, 2.45) is 0 Å². The number of piperidine rings is 1. The van der Waals surface area contributed by atoms with Gasteiger partial charge in [0.25, 0.3) is 0 Å². The lowest BCUT2D eigenvalue weighted by atomic mass is 10.0. The molecular weight excluding hydrogens is 295 g/mol. The molecule has 2 saturated heterocycles. The van der Waals surface area contributed by atoms with Gasteiger partial charge in [-0.25, -0.2) is 14.2 Å². The molecule has 2 aliphatic heterocycles. The number of halogens is 1. The molecule has 120 valence electrons. The van der Waals surface area contributed by atoms with Gasteiger partial charge in [0.1, 0.15) is 11.8 Å². The quantitative estimate of drug-likeness (QED) is 0.848. The van der Waals surface area contributed by atoms with Gasteiger partial charge in [-0.1, -0.05) is 11.8 Å². The van der Waals surface area contributed by atoms with E-state index in [1.807, 2.05) is 0 Å². The van der Waals surface area contributed by atoms with E-state index in [4.69, 9.17) is 4.74 Å². The molecule has 0 radical (unpaired) electrons. The number of fused-ring (bicyclic) bond motifs is 2. The van der Waals surface area contributed by atoms with E-state index in [0.717, 1.165) is 18.2 Å². The number of amides is 1. The smallest absolute Gasteiger partial charge is 0.422 e. The maximum Gasteiger partial charge on any atom is 0.422 e.